The van der Waals surface area contributed by atoms with Gasteiger partial charge in [-0.2, -0.15) is 0 Å². The summed E-state index contributed by atoms with van der Waals surface area (Å²) in [6, 6.07) is 10.6. The number of aromatic nitrogens is 1. The van der Waals surface area contributed by atoms with Gasteiger partial charge in [0.25, 0.3) is 5.91 Å². The number of nitrogens with zero attached hydrogens (tertiary/aromatic N) is 2. The summed E-state index contributed by atoms with van der Waals surface area (Å²) in [5.41, 5.74) is 1.98. The van der Waals surface area contributed by atoms with Crippen LogP contribution in [0.1, 0.15) is 69.7 Å². The maximum absolute atomic E-state index is 14.0. The Morgan fingerprint density at radius 2 is 1.95 bits per heavy atom. The van der Waals surface area contributed by atoms with Gasteiger partial charge in [0.05, 0.1) is 31.2 Å². The summed E-state index contributed by atoms with van der Waals surface area (Å²) in [5.74, 6) is 1.81. The second-order valence-corrected chi connectivity index (χ2v) is 10.5. The number of Topliss-reactive ketones (excluding diaryl/α,β-unsaturated/α-hetero) is 1. The van der Waals surface area contributed by atoms with E-state index in [4.69, 9.17) is 14.2 Å². The monoisotopic (exact) mass is 504 g/mol. The van der Waals surface area contributed by atoms with Crippen molar-refractivity contribution in [2.75, 3.05) is 18.6 Å². The van der Waals surface area contributed by atoms with E-state index in [0.29, 0.717) is 35.4 Å². The molecular formula is C30H36N2O5. The van der Waals surface area contributed by atoms with E-state index in [2.05, 4.69) is 18.8 Å². The zero-order chi connectivity index (χ0) is 26.1. The number of fused-ring (bicyclic) bond motifs is 1. The summed E-state index contributed by atoms with van der Waals surface area (Å²) in [6.45, 7) is 6.83. The fourth-order valence-corrected chi connectivity index (χ4v) is 5.80. The summed E-state index contributed by atoms with van der Waals surface area (Å²) in [4.78, 5) is 34.1. The lowest BCUT2D eigenvalue weighted by atomic mass is 9.74. The lowest BCUT2D eigenvalue weighted by molar-refractivity contribution is -0.132. The van der Waals surface area contributed by atoms with E-state index < -0.39 is 6.04 Å². The SMILES string of the molecule is CCCCCOc1ccc(C2C3=C(OC4CCC(C)CC4C3=O)C(=O)N2c2cccc(C)n2)cc1OC. The summed E-state index contributed by atoms with van der Waals surface area (Å²) in [7, 11) is 1.60. The van der Waals surface area contributed by atoms with Crippen LogP contribution in [-0.2, 0) is 14.3 Å². The number of unbranched alkanes of at least 4 members (excludes halogenated alkanes) is 2. The molecule has 3 aliphatic rings. The highest BCUT2D eigenvalue weighted by Crippen LogP contribution is 2.49. The molecule has 1 aromatic heterocycles. The molecule has 0 N–H and O–H groups in total. The molecule has 196 valence electrons. The lowest BCUT2D eigenvalue weighted by Crippen LogP contribution is -2.41. The number of pyridine rings is 1. The zero-order valence-electron chi connectivity index (χ0n) is 22.2. The number of carbonyl (C=O) groups excluding carboxylic acids is 2. The van der Waals surface area contributed by atoms with Crippen molar-refractivity contribution in [1.82, 2.24) is 4.98 Å². The Bertz CT molecular complexity index is 1220. The molecule has 4 atom stereocenters. The number of benzene rings is 1. The van der Waals surface area contributed by atoms with Gasteiger partial charge in [-0.3, -0.25) is 14.5 Å². The van der Waals surface area contributed by atoms with Gasteiger partial charge in [-0.05, 0) is 68.4 Å². The second kappa shape index (κ2) is 10.6. The average molecular weight is 505 g/mol. The van der Waals surface area contributed by atoms with E-state index in [1.54, 1.807) is 18.1 Å². The van der Waals surface area contributed by atoms with Crippen LogP contribution in [0.25, 0.3) is 0 Å². The quantitative estimate of drug-likeness (QED) is 0.428. The molecule has 1 saturated carbocycles. The Hall–Kier alpha value is -3.35. The number of hydrogen-bond acceptors (Lipinski definition) is 6. The average Bonchev–Trinajstić information content (AvgIpc) is 3.19. The molecule has 3 heterocycles. The number of ketones is 1. The molecule has 2 aliphatic heterocycles. The van der Waals surface area contributed by atoms with Crippen LogP contribution in [0.15, 0.2) is 47.7 Å². The first kappa shape index (κ1) is 25.3. The minimum Gasteiger partial charge on any atom is -0.493 e. The number of anilines is 1. The molecular weight excluding hydrogens is 468 g/mol. The number of rotatable bonds is 8. The standard InChI is InChI=1S/C30H36N2O5/c1-5-6-7-15-36-23-14-12-20(17-24(23)35-4)27-26-28(33)21-16-18(2)11-13-22(21)37-29(26)30(34)32(27)25-10-8-9-19(3)31-25/h8-10,12,14,17-18,21-22,27H,5-7,11,13,15-16H2,1-4H3. The fraction of sp³-hybridized carbons (Fsp3) is 0.500. The van der Waals surface area contributed by atoms with Gasteiger partial charge in [-0.15, -0.1) is 0 Å². The molecule has 2 aromatic rings. The van der Waals surface area contributed by atoms with Crippen LogP contribution in [0.3, 0.4) is 0 Å². The third-order valence-corrected chi connectivity index (χ3v) is 7.74. The highest BCUT2D eigenvalue weighted by atomic mass is 16.5. The van der Waals surface area contributed by atoms with Crippen molar-refractivity contribution in [3.63, 3.8) is 0 Å². The molecule has 1 fully saturated rings. The van der Waals surface area contributed by atoms with Crippen LogP contribution in [0.5, 0.6) is 11.5 Å². The zero-order valence-corrected chi connectivity index (χ0v) is 22.2. The molecule has 1 aliphatic carbocycles. The predicted molar refractivity (Wildman–Crippen MR) is 141 cm³/mol. The molecule has 0 spiro atoms. The van der Waals surface area contributed by atoms with Crippen molar-refractivity contribution in [2.45, 2.75) is 71.4 Å². The van der Waals surface area contributed by atoms with E-state index in [-0.39, 0.29) is 29.5 Å². The summed E-state index contributed by atoms with van der Waals surface area (Å²) < 4.78 is 18.0. The smallest absolute Gasteiger partial charge is 0.295 e. The highest BCUT2D eigenvalue weighted by Gasteiger charge is 2.53. The summed E-state index contributed by atoms with van der Waals surface area (Å²) in [6.07, 6.45) is 5.49. The van der Waals surface area contributed by atoms with E-state index in [0.717, 1.165) is 49.8 Å². The number of carbonyl (C=O) groups is 2. The Labute approximate surface area is 218 Å². The number of aryl methyl sites for hydroxylation is 1. The Morgan fingerprint density at radius 1 is 1.11 bits per heavy atom. The minimum absolute atomic E-state index is 0.0187. The molecule has 37 heavy (non-hydrogen) atoms. The summed E-state index contributed by atoms with van der Waals surface area (Å²) in [5, 5.41) is 0. The summed E-state index contributed by atoms with van der Waals surface area (Å²) >= 11 is 0. The number of methoxy groups -OCH3 is 1. The molecule has 1 aromatic carbocycles. The van der Waals surface area contributed by atoms with Gasteiger partial charge in [0.1, 0.15) is 11.9 Å². The first-order valence-electron chi connectivity index (χ1n) is 13.5. The maximum atomic E-state index is 14.0. The van der Waals surface area contributed by atoms with Gasteiger partial charge >= 0.3 is 0 Å². The Morgan fingerprint density at radius 3 is 2.70 bits per heavy atom. The molecule has 0 bridgehead atoms. The van der Waals surface area contributed by atoms with Gasteiger partial charge in [0.2, 0.25) is 0 Å². The van der Waals surface area contributed by atoms with E-state index >= 15 is 0 Å². The van der Waals surface area contributed by atoms with Crippen LogP contribution in [-0.4, -0.2) is 36.5 Å². The first-order valence-corrected chi connectivity index (χ1v) is 13.5. The Kier molecular flexibility index (Phi) is 7.22. The molecule has 5 rings (SSSR count). The van der Waals surface area contributed by atoms with Crippen molar-refractivity contribution in [3.8, 4) is 11.5 Å². The third kappa shape index (κ3) is 4.72. The second-order valence-electron chi connectivity index (χ2n) is 10.5. The van der Waals surface area contributed by atoms with E-state index in [1.807, 2.05) is 37.3 Å². The van der Waals surface area contributed by atoms with Crippen LogP contribution >= 0.6 is 0 Å². The number of ether oxygens (including phenoxy) is 3. The van der Waals surface area contributed by atoms with Gasteiger partial charge in [-0.25, -0.2) is 4.98 Å². The molecule has 4 unspecified atom stereocenters. The van der Waals surface area contributed by atoms with Gasteiger partial charge in [0.15, 0.2) is 23.0 Å². The normalized spacial score (nSPS) is 25.0. The van der Waals surface area contributed by atoms with E-state index in [1.165, 1.54) is 0 Å². The van der Waals surface area contributed by atoms with Gasteiger partial charge in [0, 0.05) is 5.69 Å². The van der Waals surface area contributed by atoms with Gasteiger partial charge in [-0.1, -0.05) is 38.8 Å². The number of amides is 1. The molecule has 0 saturated heterocycles. The van der Waals surface area contributed by atoms with Crippen molar-refractivity contribution < 1.29 is 23.8 Å². The first-order chi connectivity index (χ1) is 17.9. The van der Waals surface area contributed by atoms with Crippen molar-refractivity contribution >= 4 is 17.5 Å². The molecule has 7 heteroatoms. The topological polar surface area (TPSA) is 78.0 Å². The largest absolute Gasteiger partial charge is 0.493 e. The lowest BCUT2D eigenvalue weighted by Gasteiger charge is -2.37. The Balaban J connectivity index is 1.57. The van der Waals surface area contributed by atoms with Crippen LogP contribution in [0, 0.1) is 18.8 Å². The van der Waals surface area contributed by atoms with Crippen molar-refractivity contribution in [1.29, 1.82) is 0 Å². The molecule has 0 radical (unpaired) electrons. The van der Waals surface area contributed by atoms with Crippen molar-refractivity contribution in [2.24, 2.45) is 11.8 Å². The van der Waals surface area contributed by atoms with Gasteiger partial charge < -0.3 is 14.2 Å². The predicted octanol–water partition coefficient (Wildman–Crippen LogP) is 5.71. The molecule has 7 nitrogen and oxygen atoms in total. The fourth-order valence-electron chi connectivity index (χ4n) is 5.80. The van der Waals surface area contributed by atoms with Crippen molar-refractivity contribution in [3.05, 3.63) is 59.0 Å². The van der Waals surface area contributed by atoms with Crippen LogP contribution in [0.4, 0.5) is 5.82 Å². The minimum atomic E-state index is -0.648. The van der Waals surface area contributed by atoms with Crippen LogP contribution in [0.2, 0.25) is 0 Å². The number of hydrogen-bond donors (Lipinski definition) is 0. The maximum Gasteiger partial charge on any atom is 0.295 e. The van der Waals surface area contributed by atoms with E-state index in [9.17, 15) is 9.59 Å². The molecule has 1 amide bonds. The highest BCUT2D eigenvalue weighted by molar-refractivity contribution is 6.17. The van der Waals surface area contributed by atoms with Crippen LogP contribution < -0.4 is 14.4 Å². The third-order valence-electron chi connectivity index (χ3n) is 7.74.